The van der Waals surface area contributed by atoms with Gasteiger partial charge in [0.05, 0.1) is 18.2 Å². The zero-order chi connectivity index (χ0) is 14.8. The van der Waals surface area contributed by atoms with Crippen molar-refractivity contribution in [3.8, 4) is 0 Å². The Balaban J connectivity index is 1.93. The van der Waals surface area contributed by atoms with Gasteiger partial charge in [0.25, 0.3) is 5.91 Å². The van der Waals surface area contributed by atoms with Crippen LogP contribution in [0.25, 0.3) is 10.9 Å². The van der Waals surface area contributed by atoms with E-state index in [1.165, 1.54) is 7.11 Å². The molecule has 5 nitrogen and oxygen atoms in total. The standard InChI is InChI=1S/C16H18N2O3/c1-21-14(19)7-3-5-12-10-11-4-2-6-13-15(11)18(12)9-8-17-16(13)20/h2,4,6,10H,3,5,7-9H2,1H3,(H,17,20). The first-order valence-electron chi connectivity index (χ1n) is 7.17. The van der Waals surface area contributed by atoms with Crippen LogP contribution < -0.4 is 5.32 Å². The van der Waals surface area contributed by atoms with Crippen molar-refractivity contribution in [1.82, 2.24) is 9.88 Å². The fourth-order valence-corrected chi connectivity index (χ4v) is 2.92. The van der Waals surface area contributed by atoms with Crippen LogP contribution in [0.3, 0.4) is 0 Å². The maximum Gasteiger partial charge on any atom is 0.305 e. The highest BCUT2D eigenvalue weighted by atomic mass is 16.5. The normalized spacial score (nSPS) is 13.9. The molecule has 3 rings (SSSR count). The molecule has 1 aromatic heterocycles. The Labute approximate surface area is 122 Å². The third-order valence-electron chi connectivity index (χ3n) is 3.91. The Kier molecular flexibility index (Phi) is 3.64. The summed E-state index contributed by atoms with van der Waals surface area (Å²) in [5, 5.41) is 4.00. The molecule has 1 N–H and O–H groups in total. The highest BCUT2D eigenvalue weighted by molar-refractivity contribution is 6.06. The molecule has 0 fully saturated rings. The van der Waals surface area contributed by atoms with Crippen molar-refractivity contribution in [2.45, 2.75) is 25.8 Å². The number of carbonyl (C=O) groups is 2. The predicted molar refractivity (Wildman–Crippen MR) is 79.2 cm³/mol. The fourth-order valence-electron chi connectivity index (χ4n) is 2.92. The summed E-state index contributed by atoms with van der Waals surface area (Å²) in [5.74, 6) is -0.196. The molecule has 0 saturated carbocycles. The van der Waals surface area contributed by atoms with Crippen molar-refractivity contribution in [1.29, 1.82) is 0 Å². The molecule has 0 atom stereocenters. The summed E-state index contributed by atoms with van der Waals surface area (Å²) in [6.45, 7) is 1.39. The molecule has 1 aliphatic heterocycles. The zero-order valence-electron chi connectivity index (χ0n) is 12.0. The van der Waals surface area contributed by atoms with E-state index in [9.17, 15) is 9.59 Å². The van der Waals surface area contributed by atoms with Gasteiger partial charge in [-0.05, 0) is 25.0 Å². The number of hydrogen-bond donors (Lipinski definition) is 1. The van der Waals surface area contributed by atoms with E-state index in [-0.39, 0.29) is 11.9 Å². The number of aromatic nitrogens is 1. The number of aryl methyl sites for hydroxylation is 1. The lowest BCUT2D eigenvalue weighted by molar-refractivity contribution is -0.140. The van der Waals surface area contributed by atoms with Gasteiger partial charge in [-0.25, -0.2) is 0 Å². The second-order valence-corrected chi connectivity index (χ2v) is 5.22. The van der Waals surface area contributed by atoms with Crippen LogP contribution in [-0.4, -0.2) is 30.1 Å². The minimum absolute atomic E-state index is 0.0152. The summed E-state index contributed by atoms with van der Waals surface area (Å²) in [7, 11) is 1.41. The van der Waals surface area contributed by atoms with Gasteiger partial charge in [-0.15, -0.1) is 0 Å². The molecule has 0 radical (unpaired) electrons. The van der Waals surface area contributed by atoms with Gasteiger partial charge in [-0.3, -0.25) is 9.59 Å². The Hall–Kier alpha value is -2.30. The number of nitrogens with zero attached hydrogens (tertiary/aromatic N) is 1. The smallest absolute Gasteiger partial charge is 0.305 e. The predicted octanol–water partition coefficient (Wildman–Crippen LogP) is 1.88. The quantitative estimate of drug-likeness (QED) is 0.873. The summed E-state index contributed by atoms with van der Waals surface area (Å²) in [6, 6.07) is 7.91. The maximum atomic E-state index is 12.1. The maximum absolute atomic E-state index is 12.1. The summed E-state index contributed by atoms with van der Waals surface area (Å²) >= 11 is 0. The largest absolute Gasteiger partial charge is 0.469 e. The first-order valence-corrected chi connectivity index (χ1v) is 7.17. The third kappa shape index (κ3) is 2.51. The molecule has 21 heavy (non-hydrogen) atoms. The number of para-hydroxylation sites is 1. The number of methoxy groups -OCH3 is 1. The molecule has 2 heterocycles. The van der Waals surface area contributed by atoms with Gasteiger partial charge >= 0.3 is 5.97 Å². The number of esters is 1. The highest BCUT2D eigenvalue weighted by Gasteiger charge is 2.19. The lowest BCUT2D eigenvalue weighted by atomic mass is 10.1. The number of rotatable bonds is 4. The van der Waals surface area contributed by atoms with Gasteiger partial charge in [0, 0.05) is 30.6 Å². The van der Waals surface area contributed by atoms with Gasteiger partial charge in [-0.2, -0.15) is 0 Å². The van der Waals surface area contributed by atoms with E-state index in [4.69, 9.17) is 0 Å². The number of nitrogens with one attached hydrogen (secondary N) is 1. The lowest BCUT2D eigenvalue weighted by Crippen LogP contribution is -2.24. The molecule has 110 valence electrons. The molecule has 1 amide bonds. The third-order valence-corrected chi connectivity index (χ3v) is 3.91. The molecule has 0 aliphatic carbocycles. The Morgan fingerprint density at radius 1 is 1.43 bits per heavy atom. The van der Waals surface area contributed by atoms with Gasteiger partial charge < -0.3 is 14.6 Å². The molecular formula is C16H18N2O3. The van der Waals surface area contributed by atoms with Crippen molar-refractivity contribution in [2.75, 3.05) is 13.7 Å². The summed E-state index contributed by atoms with van der Waals surface area (Å²) in [4.78, 5) is 23.3. The zero-order valence-corrected chi connectivity index (χ0v) is 12.0. The van der Waals surface area contributed by atoms with Crippen LogP contribution in [0.1, 0.15) is 28.9 Å². The van der Waals surface area contributed by atoms with Gasteiger partial charge in [0.2, 0.25) is 0 Å². The van der Waals surface area contributed by atoms with Gasteiger partial charge in [-0.1, -0.05) is 12.1 Å². The molecule has 5 heteroatoms. The van der Waals surface area contributed by atoms with Crippen molar-refractivity contribution in [3.63, 3.8) is 0 Å². The van der Waals surface area contributed by atoms with E-state index >= 15 is 0 Å². The lowest BCUT2D eigenvalue weighted by Gasteiger charge is -2.08. The molecule has 0 bridgehead atoms. The van der Waals surface area contributed by atoms with Gasteiger partial charge in [0.15, 0.2) is 0 Å². The second-order valence-electron chi connectivity index (χ2n) is 5.22. The van der Waals surface area contributed by atoms with Crippen LogP contribution in [0.5, 0.6) is 0 Å². The minimum Gasteiger partial charge on any atom is -0.469 e. The minimum atomic E-state index is -0.181. The van der Waals surface area contributed by atoms with E-state index in [1.807, 2.05) is 18.2 Å². The molecule has 2 aromatic rings. The van der Waals surface area contributed by atoms with Crippen molar-refractivity contribution in [3.05, 3.63) is 35.5 Å². The molecule has 0 spiro atoms. The average Bonchev–Trinajstić information content (AvgIpc) is 2.74. The summed E-state index contributed by atoms with van der Waals surface area (Å²) in [5.41, 5.74) is 2.89. The van der Waals surface area contributed by atoms with Crippen molar-refractivity contribution in [2.24, 2.45) is 0 Å². The first-order chi connectivity index (χ1) is 10.2. The van der Waals surface area contributed by atoms with Crippen LogP contribution in [0.2, 0.25) is 0 Å². The van der Waals surface area contributed by atoms with E-state index in [1.54, 1.807) is 0 Å². The highest BCUT2D eigenvalue weighted by Crippen LogP contribution is 2.26. The SMILES string of the molecule is COC(=O)CCCc1cc2cccc3c2n1CCNC3=O. The molecule has 0 unspecified atom stereocenters. The Bertz CT molecular complexity index is 703. The number of hydrogen-bond acceptors (Lipinski definition) is 3. The van der Waals surface area contributed by atoms with Crippen LogP contribution >= 0.6 is 0 Å². The molecular weight excluding hydrogens is 268 g/mol. The van der Waals surface area contributed by atoms with Crippen LogP contribution in [-0.2, 0) is 22.5 Å². The monoisotopic (exact) mass is 286 g/mol. The van der Waals surface area contributed by atoms with Crippen molar-refractivity contribution < 1.29 is 14.3 Å². The molecule has 1 aromatic carbocycles. The number of benzene rings is 1. The summed E-state index contributed by atoms with van der Waals surface area (Å²) in [6.07, 6.45) is 1.97. The Morgan fingerprint density at radius 3 is 3.10 bits per heavy atom. The topological polar surface area (TPSA) is 60.3 Å². The molecule has 0 saturated heterocycles. The Morgan fingerprint density at radius 2 is 2.29 bits per heavy atom. The van der Waals surface area contributed by atoms with E-state index in [2.05, 4.69) is 20.7 Å². The van der Waals surface area contributed by atoms with E-state index in [0.717, 1.165) is 41.5 Å². The van der Waals surface area contributed by atoms with Crippen LogP contribution in [0.15, 0.2) is 24.3 Å². The van der Waals surface area contributed by atoms with Crippen LogP contribution in [0, 0.1) is 0 Å². The second kappa shape index (κ2) is 5.60. The van der Waals surface area contributed by atoms with E-state index in [0.29, 0.717) is 13.0 Å². The van der Waals surface area contributed by atoms with Crippen molar-refractivity contribution >= 4 is 22.8 Å². The number of amides is 1. The first kappa shape index (κ1) is 13.7. The number of carbonyl (C=O) groups excluding carboxylic acids is 2. The van der Waals surface area contributed by atoms with E-state index < -0.39 is 0 Å². The fraction of sp³-hybridized carbons (Fsp3) is 0.375. The average molecular weight is 286 g/mol. The van der Waals surface area contributed by atoms with Gasteiger partial charge in [0.1, 0.15) is 0 Å². The molecule has 1 aliphatic rings. The summed E-state index contributed by atoms with van der Waals surface area (Å²) < 4.78 is 6.86. The van der Waals surface area contributed by atoms with Crippen LogP contribution in [0.4, 0.5) is 0 Å². The number of ether oxygens (including phenoxy) is 1.